The van der Waals surface area contributed by atoms with Crippen molar-refractivity contribution in [1.29, 1.82) is 0 Å². The molecule has 0 spiro atoms. The number of hydrogen-bond donors (Lipinski definition) is 3. The van der Waals surface area contributed by atoms with Crippen LogP contribution in [0.2, 0.25) is 0 Å². The Bertz CT molecular complexity index is 420. The van der Waals surface area contributed by atoms with Crippen LogP contribution in [-0.4, -0.2) is 25.1 Å². The van der Waals surface area contributed by atoms with Gasteiger partial charge in [0.05, 0.1) is 0 Å². The number of benzene rings is 1. The second-order valence-corrected chi connectivity index (χ2v) is 4.30. The topological polar surface area (TPSA) is 103 Å². The van der Waals surface area contributed by atoms with Gasteiger partial charge >= 0.3 is 6.09 Å². The lowest BCUT2D eigenvalue weighted by Gasteiger charge is -2.06. The second kappa shape index (κ2) is 9.80. The van der Waals surface area contributed by atoms with Gasteiger partial charge in [0.1, 0.15) is 6.61 Å². The van der Waals surface area contributed by atoms with Crippen molar-refractivity contribution < 1.29 is 9.53 Å². The average molecular weight is 278 g/mol. The standard InChI is InChI=1S/C14H22N4O2/c15-9-5-2-6-10-17-13(16)18-14(19)20-11-12-7-3-1-4-8-12/h1,3-4,7-8H,2,5-6,9-11,15H2,(H3,16,17,18,19). The lowest BCUT2D eigenvalue weighted by molar-refractivity contribution is 0.145. The highest BCUT2D eigenvalue weighted by molar-refractivity contribution is 5.92. The van der Waals surface area contributed by atoms with Crippen LogP contribution in [0.25, 0.3) is 0 Å². The van der Waals surface area contributed by atoms with Crippen LogP contribution in [0.3, 0.4) is 0 Å². The van der Waals surface area contributed by atoms with Gasteiger partial charge in [-0.25, -0.2) is 4.79 Å². The van der Waals surface area contributed by atoms with E-state index in [0.29, 0.717) is 13.1 Å². The van der Waals surface area contributed by atoms with Crippen LogP contribution in [0.4, 0.5) is 4.79 Å². The minimum absolute atomic E-state index is 0.0795. The van der Waals surface area contributed by atoms with Gasteiger partial charge in [-0.3, -0.25) is 10.3 Å². The van der Waals surface area contributed by atoms with E-state index in [4.69, 9.17) is 16.2 Å². The Morgan fingerprint density at radius 2 is 1.95 bits per heavy atom. The normalized spacial score (nSPS) is 11.2. The molecule has 6 heteroatoms. The third-order valence-electron chi connectivity index (χ3n) is 2.59. The van der Waals surface area contributed by atoms with Crippen molar-refractivity contribution in [3.8, 4) is 0 Å². The van der Waals surface area contributed by atoms with Gasteiger partial charge in [-0.1, -0.05) is 36.8 Å². The first kappa shape index (κ1) is 16.0. The predicted molar refractivity (Wildman–Crippen MR) is 79.2 cm³/mol. The van der Waals surface area contributed by atoms with Crippen LogP contribution in [0, 0.1) is 0 Å². The number of nitrogens with two attached hydrogens (primary N) is 2. The fraction of sp³-hybridized carbons (Fsp3) is 0.429. The second-order valence-electron chi connectivity index (χ2n) is 4.30. The van der Waals surface area contributed by atoms with E-state index in [1.165, 1.54) is 0 Å². The number of alkyl carbamates (subject to hydrolysis) is 1. The lowest BCUT2D eigenvalue weighted by Crippen LogP contribution is -2.37. The van der Waals surface area contributed by atoms with Gasteiger partial charge in [-0.05, 0) is 24.9 Å². The maximum absolute atomic E-state index is 11.5. The molecule has 0 aliphatic rings. The van der Waals surface area contributed by atoms with Crippen molar-refractivity contribution in [2.45, 2.75) is 25.9 Å². The predicted octanol–water partition coefficient (Wildman–Crippen LogP) is 1.36. The number of nitrogens with one attached hydrogen (secondary N) is 1. The molecule has 0 aliphatic carbocycles. The Morgan fingerprint density at radius 3 is 2.65 bits per heavy atom. The zero-order valence-corrected chi connectivity index (χ0v) is 11.5. The van der Waals surface area contributed by atoms with E-state index in [-0.39, 0.29) is 12.6 Å². The number of aliphatic imine (C=N–C) groups is 1. The number of hydrogen-bond acceptors (Lipinski definition) is 4. The minimum atomic E-state index is -0.600. The molecule has 0 heterocycles. The fourth-order valence-corrected chi connectivity index (χ4v) is 1.54. The number of guanidine groups is 1. The van der Waals surface area contributed by atoms with Crippen LogP contribution < -0.4 is 16.8 Å². The van der Waals surface area contributed by atoms with Crippen LogP contribution in [0.1, 0.15) is 24.8 Å². The summed E-state index contributed by atoms with van der Waals surface area (Å²) >= 11 is 0. The van der Waals surface area contributed by atoms with E-state index in [0.717, 1.165) is 24.8 Å². The van der Waals surface area contributed by atoms with Crippen molar-refractivity contribution in [2.75, 3.05) is 13.1 Å². The van der Waals surface area contributed by atoms with E-state index < -0.39 is 6.09 Å². The first-order valence-corrected chi connectivity index (χ1v) is 6.70. The number of amides is 1. The van der Waals surface area contributed by atoms with Gasteiger partial charge in [-0.2, -0.15) is 0 Å². The number of nitrogens with zero attached hydrogens (tertiary/aromatic N) is 1. The molecular formula is C14H22N4O2. The molecule has 1 aromatic carbocycles. The Labute approximate surface area is 119 Å². The SMILES string of the molecule is NCCCCCN=C(N)NC(=O)OCc1ccccc1. The Balaban J connectivity index is 2.19. The van der Waals surface area contributed by atoms with Crippen LogP contribution in [0.5, 0.6) is 0 Å². The van der Waals surface area contributed by atoms with Crippen LogP contribution in [-0.2, 0) is 11.3 Å². The molecule has 0 unspecified atom stereocenters. The van der Waals surface area contributed by atoms with E-state index in [1.807, 2.05) is 30.3 Å². The molecule has 0 saturated carbocycles. The number of ether oxygens (including phenoxy) is 1. The summed E-state index contributed by atoms with van der Waals surface area (Å²) in [5.41, 5.74) is 11.9. The summed E-state index contributed by atoms with van der Waals surface area (Å²) in [6, 6.07) is 9.42. The highest BCUT2D eigenvalue weighted by Crippen LogP contribution is 2.00. The molecule has 5 N–H and O–H groups in total. The molecule has 20 heavy (non-hydrogen) atoms. The number of carbonyl (C=O) groups excluding carboxylic acids is 1. The third-order valence-corrected chi connectivity index (χ3v) is 2.59. The van der Waals surface area contributed by atoms with Gasteiger partial charge < -0.3 is 16.2 Å². The molecule has 1 rings (SSSR count). The maximum Gasteiger partial charge on any atom is 0.414 e. The Hall–Kier alpha value is -2.08. The van der Waals surface area contributed by atoms with E-state index in [9.17, 15) is 4.79 Å². The monoisotopic (exact) mass is 278 g/mol. The van der Waals surface area contributed by atoms with Gasteiger partial charge in [0.15, 0.2) is 5.96 Å². The molecule has 0 fully saturated rings. The summed E-state index contributed by atoms with van der Waals surface area (Å²) in [6.07, 6.45) is 2.28. The third kappa shape index (κ3) is 7.38. The molecule has 1 aromatic rings. The molecular weight excluding hydrogens is 256 g/mol. The molecule has 0 atom stereocenters. The Kier molecular flexibility index (Phi) is 7.83. The molecule has 0 aliphatic heterocycles. The van der Waals surface area contributed by atoms with Crippen molar-refractivity contribution in [3.63, 3.8) is 0 Å². The molecule has 0 radical (unpaired) electrons. The zero-order valence-electron chi connectivity index (χ0n) is 11.5. The molecule has 0 saturated heterocycles. The maximum atomic E-state index is 11.5. The molecule has 0 bridgehead atoms. The van der Waals surface area contributed by atoms with Crippen molar-refractivity contribution >= 4 is 12.1 Å². The number of carbonyl (C=O) groups is 1. The summed E-state index contributed by atoms with van der Waals surface area (Å²) in [4.78, 5) is 15.5. The molecule has 6 nitrogen and oxygen atoms in total. The van der Waals surface area contributed by atoms with Crippen molar-refractivity contribution in [2.24, 2.45) is 16.5 Å². The quantitative estimate of drug-likeness (QED) is 0.398. The van der Waals surface area contributed by atoms with Crippen molar-refractivity contribution in [3.05, 3.63) is 35.9 Å². The zero-order chi connectivity index (χ0) is 14.6. The largest absolute Gasteiger partial charge is 0.444 e. The van der Waals surface area contributed by atoms with Gasteiger partial charge in [-0.15, -0.1) is 0 Å². The number of unbranched alkanes of at least 4 members (excludes halogenated alkanes) is 2. The average Bonchev–Trinajstić information content (AvgIpc) is 2.46. The smallest absolute Gasteiger partial charge is 0.414 e. The molecule has 110 valence electrons. The van der Waals surface area contributed by atoms with E-state index >= 15 is 0 Å². The van der Waals surface area contributed by atoms with Crippen molar-refractivity contribution in [1.82, 2.24) is 5.32 Å². The summed E-state index contributed by atoms with van der Waals surface area (Å²) < 4.78 is 5.02. The van der Waals surface area contributed by atoms with Gasteiger partial charge in [0, 0.05) is 6.54 Å². The lowest BCUT2D eigenvalue weighted by atomic mass is 10.2. The van der Waals surface area contributed by atoms with Gasteiger partial charge in [0.25, 0.3) is 0 Å². The fourth-order valence-electron chi connectivity index (χ4n) is 1.54. The highest BCUT2D eigenvalue weighted by atomic mass is 16.5. The summed E-state index contributed by atoms with van der Waals surface area (Å²) in [6.45, 7) is 1.46. The number of rotatable bonds is 7. The molecule has 1 amide bonds. The molecule has 0 aromatic heterocycles. The summed E-state index contributed by atoms with van der Waals surface area (Å²) in [7, 11) is 0. The van der Waals surface area contributed by atoms with Crippen LogP contribution >= 0.6 is 0 Å². The first-order valence-electron chi connectivity index (χ1n) is 6.70. The summed E-state index contributed by atoms with van der Waals surface area (Å²) in [5, 5.41) is 2.38. The first-order chi connectivity index (χ1) is 9.72. The minimum Gasteiger partial charge on any atom is -0.444 e. The van der Waals surface area contributed by atoms with Crippen LogP contribution in [0.15, 0.2) is 35.3 Å². The highest BCUT2D eigenvalue weighted by Gasteiger charge is 2.03. The Morgan fingerprint density at radius 1 is 1.20 bits per heavy atom. The van der Waals surface area contributed by atoms with E-state index in [2.05, 4.69) is 10.3 Å². The van der Waals surface area contributed by atoms with Gasteiger partial charge in [0.2, 0.25) is 0 Å². The van der Waals surface area contributed by atoms with E-state index in [1.54, 1.807) is 0 Å². The summed E-state index contributed by atoms with van der Waals surface area (Å²) in [5.74, 6) is 0.0795.